The molecule has 2 saturated heterocycles. The van der Waals surface area contributed by atoms with Crippen LogP contribution in [0.1, 0.15) is 44.7 Å². The van der Waals surface area contributed by atoms with Gasteiger partial charge in [-0.1, -0.05) is 36.4 Å². The summed E-state index contributed by atoms with van der Waals surface area (Å²) in [6.45, 7) is 6.94. The average molecular weight is 736 g/mol. The summed E-state index contributed by atoms with van der Waals surface area (Å²) >= 11 is 0. The van der Waals surface area contributed by atoms with Crippen molar-refractivity contribution in [2.75, 3.05) is 19.6 Å². The first kappa shape index (κ1) is 35.8. The van der Waals surface area contributed by atoms with Crippen LogP contribution in [-0.4, -0.2) is 82.4 Å². The first-order valence-electron chi connectivity index (χ1n) is 17.6. The smallest absolute Gasteiger partial charge is 0.410 e. The molecule has 2 fully saturated rings. The molecule has 7 rings (SSSR count). The van der Waals surface area contributed by atoms with Gasteiger partial charge in [-0.05, 0) is 92.4 Å². The molecular formula is C40H41N5O7S. The van der Waals surface area contributed by atoms with Crippen LogP contribution in [0.2, 0.25) is 0 Å². The van der Waals surface area contributed by atoms with Gasteiger partial charge in [0.05, 0.1) is 0 Å². The number of amides is 4. The Labute approximate surface area is 308 Å². The summed E-state index contributed by atoms with van der Waals surface area (Å²) in [6.07, 6.45) is 7.76. The SMILES string of the molecule is CC(C)(C)OC(=O)N1CCC(CN2C(=O)C(Cc3ccc(OS(=O)(=O)c4cccc5cnccc45)cc3)N(Cc3ccc4cnccc4c3)C2=O)CC1. The van der Waals surface area contributed by atoms with Gasteiger partial charge in [0.2, 0.25) is 0 Å². The van der Waals surface area contributed by atoms with Gasteiger partial charge < -0.3 is 18.7 Å². The zero-order valence-corrected chi connectivity index (χ0v) is 30.7. The Bertz CT molecular complexity index is 2280. The Morgan fingerprint density at radius 2 is 1.55 bits per heavy atom. The summed E-state index contributed by atoms with van der Waals surface area (Å²) in [4.78, 5) is 53.7. The van der Waals surface area contributed by atoms with Crippen molar-refractivity contribution in [3.05, 3.63) is 109 Å². The van der Waals surface area contributed by atoms with E-state index in [-0.39, 0.29) is 54.1 Å². The standard InChI is InChI=1S/C40H41N5O7S/c1-40(2,3)51-39(48)43-19-15-28(16-20-43)25-45-37(46)35(44(38(45)47)26-29-7-10-31-23-41-17-13-30(31)21-29)22-27-8-11-33(12-9-27)52-53(49,50)36-6-4-5-32-24-42-18-14-34(32)36/h4-14,17-18,21,23-24,28,35H,15-16,19-20,22,25-26H2,1-3H3. The molecule has 1 atom stereocenters. The minimum Gasteiger partial charge on any atom is -0.444 e. The van der Waals surface area contributed by atoms with Crippen LogP contribution in [0.3, 0.4) is 0 Å². The van der Waals surface area contributed by atoms with E-state index < -0.39 is 21.8 Å². The first-order valence-corrected chi connectivity index (χ1v) is 19.0. The minimum atomic E-state index is -4.16. The number of hydrogen-bond donors (Lipinski definition) is 0. The maximum Gasteiger partial charge on any atom is 0.410 e. The van der Waals surface area contributed by atoms with Gasteiger partial charge in [0.15, 0.2) is 0 Å². The topological polar surface area (TPSA) is 139 Å². The number of likely N-dealkylation sites (tertiary alicyclic amines) is 1. The second kappa shape index (κ2) is 14.5. The number of pyridine rings is 2. The van der Waals surface area contributed by atoms with E-state index in [9.17, 15) is 22.8 Å². The zero-order chi connectivity index (χ0) is 37.3. The molecule has 0 N–H and O–H groups in total. The number of carbonyl (C=O) groups excluding carboxylic acids is 3. The summed E-state index contributed by atoms with van der Waals surface area (Å²) in [5.41, 5.74) is 1.02. The van der Waals surface area contributed by atoms with Crippen LogP contribution in [0.5, 0.6) is 5.75 Å². The number of carbonyl (C=O) groups is 3. The summed E-state index contributed by atoms with van der Waals surface area (Å²) in [6, 6.07) is 19.7. The third-order valence-electron chi connectivity index (χ3n) is 9.64. The number of nitrogens with zero attached hydrogens (tertiary/aromatic N) is 5. The van der Waals surface area contributed by atoms with Gasteiger partial charge >= 0.3 is 22.2 Å². The molecule has 0 saturated carbocycles. The Balaban J connectivity index is 1.08. The van der Waals surface area contributed by atoms with Crippen molar-refractivity contribution in [3.8, 4) is 5.75 Å². The summed E-state index contributed by atoms with van der Waals surface area (Å²) in [7, 11) is -4.16. The quantitative estimate of drug-likeness (QED) is 0.121. The lowest BCUT2D eigenvalue weighted by Gasteiger charge is -2.34. The van der Waals surface area contributed by atoms with Gasteiger partial charge in [-0.15, -0.1) is 0 Å². The van der Waals surface area contributed by atoms with E-state index in [2.05, 4.69) is 9.97 Å². The number of ether oxygens (including phenoxy) is 1. The predicted molar refractivity (Wildman–Crippen MR) is 198 cm³/mol. The van der Waals surface area contributed by atoms with Gasteiger partial charge in [0.1, 0.15) is 22.3 Å². The van der Waals surface area contributed by atoms with Crippen molar-refractivity contribution in [2.45, 2.75) is 63.1 Å². The molecule has 1 unspecified atom stereocenters. The molecule has 4 heterocycles. The molecule has 5 aromatic rings. The van der Waals surface area contributed by atoms with Crippen molar-refractivity contribution >= 4 is 49.7 Å². The molecule has 0 bridgehead atoms. The van der Waals surface area contributed by atoms with Crippen molar-refractivity contribution in [2.24, 2.45) is 5.92 Å². The van der Waals surface area contributed by atoms with E-state index in [4.69, 9.17) is 8.92 Å². The van der Waals surface area contributed by atoms with Gasteiger partial charge in [0.25, 0.3) is 5.91 Å². The van der Waals surface area contributed by atoms with Crippen molar-refractivity contribution in [3.63, 3.8) is 0 Å². The van der Waals surface area contributed by atoms with Crippen LogP contribution in [0.4, 0.5) is 9.59 Å². The summed E-state index contributed by atoms with van der Waals surface area (Å²) in [5.74, 6) is -0.134. The molecule has 274 valence electrons. The molecule has 2 aliphatic rings. The van der Waals surface area contributed by atoms with Crippen LogP contribution in [0, 0.1) is 5.92 Å². The Morgan fingerprint density at radius 3 is 2.28 bits per heavy atom. The van der Waals surface area contributed by atoms with Gasteiger partial charge in [-0.3, -0.25) is 19.7 Å². The number of imide groups is 1. The number of urea groups is 1. The third kappa shape index (κ3) is 7.95. The van der Waals surface area contributed by atoms with E-state index in [1.54, 1.807) is 70.9 Å². The van der Waals surface area contributed by atoms with E-state index in [0.29, 0.717) is 36.7 Å². The van der Waals surface area contributed by atoms with Crippen LogP contribution >= 0.6 is 0 Å². The summed E-state index contributed by atoms with van der Waals surface area (Å²) < 4.78 is 37.6. The summed E-state index contributed by atoms with van der Waals surface area (Å²) in [5, 5.41) is 3.13. The van der Waals surface area contributed by atoms with Crippen LogP contribution in [0.25, 0.3) is 21.5 Å². The fourth-order valence-electron chi connectivity index (χ4n) is 6.94. The van der Waals surface area contributed by atoms with E-state index in [1.165, 1.54) is 17.2 Å². The van der Waals surface area contributed by atoms with Crippen LogP contribution in [-0.2, 0) is 32.6 Å². The van der Waals surface area contributed by atoms with Crippen LogP contribution < -0.4 is 4.18 Å². The molecule has 53 heavy (non-hydrogen) atoms. The number of hydrogen-bond acceptors (Lipinski definition) is 9. The Hall–Kier alpha value is -5.56. The third-order valence-corrected chi connectivity index (χ3v) is 10.9. The highest BCUT2D eigenvalue weighted by atomic mass is 32.2. The fraction of sp³-hybridized carbons (Fsp3) is 0.325. The lowest BCUT2D eigenvalue weighted by molar-refractivity contribution is -0.129. The number of benzene rings is 3. The largest absolute Gasteiger partial charge is 0.444 e. The fourth-order valence-corrected chi connectivity index (χ4v) is 8.09. The molecule has 0 aliphatic carbocycles. The van der Waals surface area contributed by atoms with Crippen molar-refractivity contribution in [1.82, 2.24) is 24.7 Å². The van der Waals surface area contributed by atoms with Gasteiger partial charge in [-0.25, -0.2) is 9.59 Å². The molecule has 0 radical (unpaired) electrons. The molecule has 12 nitrogen and oxygen atoms in total. The number of fused-ring (bicyclic) bond motifs is 2. The maximum atomic E-state index is 14.1. The zero-order valence-electron chi connectivity index (χ0n) is 29.8. The molecule has 4 amide bonds. The van der Waals surface area contributed by atoms with Crippen LogP contribution in [0.15, 0.2) is 102 Å². The van der Waals surface area contributed by atoms with Crippen molar-refractivity contribution < 1.29 is 31.7 Å². The predicted octanol–water partition coefficient (Wildman–Crippen LogP) is 6.57. The van der Waals surface area contributed by atoms with E-state index in [1.807, 2.05) is 45.0 Å². The Morgan fingerprint density at radius 1 is 0.849 bits per heavy atom. The molecule has 2 aliphatic heterocycles. The minimum absolute atomic E-state index is 0.0340. The number of rotatable bonds is 9. The number of aromatic nitrogens is 2. The highest BCUT2D eigenvalue weighted by molar-refractivity contribution is 7.87. The van der Waals surface area contributed by atoms with E-state index in [0.717, 1.165) is 21.9 Å². The molecule has 0 spiro atoms. The maximum absolute atomic E-state index is 14.1. The lowest BCUT2D eigenvalue weighted by Crippen LogP contribution is -2.44. The first-order chi connectivity index (χ1) is 25.3. The monoisotopic (exact) mass is 735 g/mol. The number of piperidine rings is 1. The molecule has 3 aromatic carbocycles. The molecule has 13 heteroatoms. The molecule has 2 aromatic heterocycles. The Kier molecular flexibility index (Phi) is 9.77. The highest BCUT2D eigenvalue weighted by Gasteiger charge is 2.46. The van der Waals surface area contributed by atoms with Crippen molar-refractivity contribution in [1.29, 1.82) is 0 Å². The highest BCUT2D eigenvalue weighted by Crippen LogP contribution is 2.30. The van der Waals surface area contributed by atoms with E-state index >= 15 is 0 Å². The lowest BCUT2D eigenvalue weighted by atomic mass is 9.96. The second-order valence-electron chi connectivity index (χ2n) is 14.6. The van der Waals surface area contributed by atoms with Gasteiger partial charge in [0, 0.05) is 73.5 Å². The molecular weight excluding hydrogens is 695 g/mol. The van der Waals surface area contributed by atoms with Gasteiger partial charge in [-0.2, -0.15) is 8.42 Å². The normalized spacial score (nSPS) is 17.2. The average Bonchev–Trinajstić information content (AvgIpc) is 3.34. The second-order valence-corrected chi connectivity index (χ2v) is 16.1.